The van der Waals surface area contributed by atoms with Crippen LogP contribution in [-0.4, -0.2) is 9.97 Å². The Hall–Kier alpha value is -1.94. The lowest BCUT2D eigenvalue weighted by Crippen LogP contribution is -2.12. The van der Waals surface area contributed by atoms with E-state index in [-0.39, 0.29) is 0 Å². The number of nitrogens with zero attached hydrogens (tertiary/aromatic N) is 1. The standard InChI is InChI=1S/C16H18N2OS/c1-10-6-11(2)15(12(3)7-10)19-9-13-4-5-18-14(8-13)16(17)20/h4-8H,9H2,1-3H3,(H2,17,20). The summed E-state index contributed by atoms with van der Waals surface area (Å²) in [6, 6.07) is 8.01. The molecule has 1 aromatic carbocycles. The van der Waals surface area contributed by atoms with E-state index in [9.17, 15) is 0 Å². The molecule has 0 atom stereocenters. The van der Waals surface area contributed by atoms with Crippen molar-refractivity contribution < 1.29 is 4.74 Å². The third kappa shape index (κ3) is 3.33. The van der Waals surface area contributed by atoms with Gasteiger partial charge < -0.3 is 10.5 Å². The van der Waals surface area contributed by atoms with Gasteiger partial charge in [-0.05, 0) is 49.6 Å². The number of pyridine rings is 1. The molecule has 0 unspecified atom stereocenters. The van der Waals surface area contributed by atoms with Gasteiger partial charge in [0.15, 0.2) is 0 Å². The quantitative estimate of drug-likeness (QED) is 0.877. The molecule has 20 heavy (non-hydrogen) atoms. The molecule has 1 heterocycles. The summed E-state index contributed by atoms with van der Waals surface area (Å²) in [6.07, 6.45) is 1.70. The highest BCUT2D eigenvalue weighted by Gasteiger charge is 2.06. The molecule has 3 nitrogen and oxygen atoms in total. The number of hydrogen-bond acceptors (Lipinski definition) is 3. The summed E-state index contributed by atoms with van der Waals surface area (Å²) in [4.78, 5) is 4.42. The number of ether oxygens (including phenoxy) is 1. The van der Waals surface area contributed by atoms with Gasteiger partial charge in [0.2, 0.25) is 0 Å². The van der Waals surface area contributed by atoms with Gasteiger partial charge in [0.25, 0.3) is 0 Å². The molecule has 2 aromatic rings. The molecule has 0 radical (unpaired) electrons. The number of aromatic nitrogens is 1. The van der Waals surface area contributed by atoms with E-state index in [0.29, 0.717) is 17.3 Å². The Labute approximate surface area is 124 Å². The monoisotopic (exact) mass is 286 g/mol. The summed E-state index contributed by atoms with van der Waals surface area (Å²) in [6.45, 7) is 6.68. The lowest BCUT2D eigenvalue weighted by molar-refractivity contribution is 0.302. The number of thiocarbonyl (C=S) groups is 1. The van der Waals surface area contributed by atoms with Crippen LogP contribution >= 0.6 is 12.2 Å². The maximum absolute atomic E-state index is 5.93. The topological polar surface area (TPSA) is 48.1 Å². The van der Waals surface area contributed by atoms with E-state index in [1.54, 1.807) is 6.20 Å². The predicted molar refractivity (Wildman–Crippen MR) is 85.1 cm³/mol. The Morgan fingerprint density at radius 2 is 1.85 bits per heavy atom. The van der Waals surface area contributed by atoms with Crippen molar-refractivity contribution >= 4 is 17.2 Å². The molecule has 0 aliphatic heterocycles. The zero-order chi connectivity index (χ0) is 14.7. The first-order valence-electron chi connectivity index (χ1n) is 6.43. The molecule has 4 heteroatoms. The van der Waals surface area contributed by atoms with Gasteiger partial charge in [-0.3, -0.25) is 4.98 Å². The van der Waals surface area contributed by atoms with Gasteiger partial charge in [0.1, 0.15) is 17.3 Å². The molecule has 0 spiro atoms. The first kappa shape index (κ1) is 14.5. The smallest absolute Gasteiger partial charge is 0.125 e. The third-order valence-corrected chi connectivity index (χ3v) is 3.27. The van der Waals surface area contributed by atoms with Crippen molar-refractivity contribution in [2.45, 2.75) is 27.4 Å². The van der Waals surface area contributed by atoms with Gasteiger partial charge in [-0.2, -0.15) is 0 Å². The summed E-state index contributed by atoms with van der Waals surface area (Å²) < 4.78 is 5.93. The molecule has 0 saturated carbocycles. The van der Waals surface area contributed by atoms with Crippen LogP contribution in [0.4, 0.5) is 0 Å². The molecule has 0 saturated heterocycles. The summed E-state index contributed by atoms with van der Waals surface area (Å²) in [7, 11) is 0. The number of aryl methyl sites for hydroxylation is 3. The fraction of sp³-hybridized carbons (Fsp3) is 0.250. The molecular weight excluding hydrogens is 268 g/mol. The van der Waals surface area contributed by atoms with Gasteiger partial charge in [-0.1, -0.05) is 29.9 Å². The van der Waals surface area contributed by atoms with Crippen molar-refractivity contribution in [3.8, 4) is 5.75 Å². The second-order valence-electron chi connectivity index (χ2n) is 4.93. The third-order valence-electron chi connectivity index (χ3n) is 3.06. The lowest BCUT2D eigenvalue weighted by Gasteiger charge is -2.13. The van der Waals surface area contributed by atoms with Crippen LogP contribution < -0.4 is 10.5 Å². The molecule has 104 valence electrons. The highest BCUT2D eigenvalue weighted by molar-refractivity contribution is 7.80. The Morgan fingerprint density at radius 3 is 2.45 bits per heavy atom. The Morgan fingerprint density at radius 1 is 1.20 bits per heavy atom. The maximum Gasteiger partial charge on any atom is 0.125 e. The molecule has 0 bridgehead atoms. The van der Waals surface area contributed by atoms with E-state index in [2.05, 4.69) is 37.9 Å². The van der Waals surface area contributed by atoms with E-state index in [1.165, 1.54) is 5.56 Å². The van der Waals surface area contributed by atoms with E-state index in [4.69, 9.17) is 22.7 Å². The van der Waals surface area contributed by atoms with Crippen LogP contribution in [0.2, 0.25) is 0 Å². The maximum atomic E-state index is 5.93. The van der Waals surface area contributed by atoms with Gasteiger partial charge in [0, 0.05) is 6.20 Å². The summed E-state index contributed by atoms with van der Waals surface area (Å²) in [5, 5.41) is 0. The molecule has 0 fully saturated rings. The van der Waals surface area contributed by atoms with Crippen molar-refractivity contribution in [3.05, 3.63) is 58.4 Å². The normalized spacial score (nSPS) is 10.3. The molecule has 0 amide bonds. The number of nitrogens with two attached hydrogens (primary N) is 1. The van der Waals surface area contributed by atoms with Crippen molar-refractivity contribution in [1.82, 2.24) is 4.98 Å². The van der Waals surface area contributed by atoms with Crippen molar-refractivity contribution in [2.24, 2.45) is 5.73 Å². The van der Waals surface area contributed by atoms with E-state index in [1.807, 2.05) is 12.1 Å². The van der Waals surface area contributed by atoms with Gasteiger partial charge >= 0.3 is 0 Å². The molecular formula is C16H18N2OS. The van der Waals surface area contributed by atoms with E-state index in [0.717, 1.165) is 22.4 Å². The van der Waals surface area contributed by atoms with Crippen LogP contribution in [0.5, 0.6) is 5.75 Å². The van der Waals surface area contributed by atoms with Crippen molar-refractivity contribution in [3.63, 3.8) is 0 Å². The SMILES string of the molecule is Cc1cc(C)c(OCc2ccnc(C(N)=S)c2)c(C)c1. The summed E-state index contributed by atoms with van der Waals surface area (Å²) >= 11 is 4.93. The van der Waals surface area contributed by atoms with E-state index < -0.39 is 0 Å². The summed E-state index contributed by atoms with van der Waals surface area (Å²) in [5.74, 6) is 0.935. The first-order chi connectivity index (χ1) is 9.47. The zero-order valence-corrected chi connectivity index (χ0v) is 12.8. The highest BCUT2D eigenvalue weighted by atomic mass is 32.1. The number of benzene rings is 1. The van der Waals surface area contributed by atoms with E-state index >= 15 is 0 Å². The molecule has 0 aliphatic carbocycles. The van der Waals surface area contributed by atoms with Crippen molar-refractivity contribution in [1.29, 1.82) is 0 Å². The molecule has 2 rings (SSSR count). The van der Waals surface area contributed by atoms with Gasteiger partial charge in [0.05, 0.1) is 5.69 Å². The Bertz CT molecular complexity index is 630. The minimum Gasteiger partial charge on any atom is -0.488 e. The number of hydrogen-bond donors (Lipinski definition) is 1. The van der Waals surface area contributed by atoms with Gasteiger partial charge in [-0.15, -0.1) is 0 Å². The van der Waals surface area contributed by atoms with Crippen LogP contribution in [0.25, 0.3) is 0 Å². The van der Waals surface area contributed by atoms with Crippen LogP contribution in [0.15, 0.2) is 30.5 Å². The predicted octanol–water partition coefficient (Wildman–Crippen LogP) is 3.22. The highest BCUT2D eigenvalue weighted by Crippen LogP contribution is 2.25. The van der Waals surface area contributed by atoms with Crippen LogP contribution in [0.3, 0.4) is 0 Å². The molecule has 1 aromatic heterocycles. The summed E-state index contributed by atoms with van der Waals surface area (Å²) in [5.41, 5.74) is 10.7. The Balaban J connectivity index is 2.17. The minimum atomic E-state index is 0.301. The van der Waals surface area contributed by atoms with Crippen LogP contribution in [0.1, 0.15) is 27.9 Å². The fourth-order valence-corrected chi connectivity index (χ4v) is 2.36. The van der Waals surface area contributed by atoms with Crippen LogP contribution in [0, 0.1) is 20.8 Å². The fourth-order valence-electron chi connectivity index (χ4n) is 2.25. The van der Waals surface area contributed by atoms with Crippen molar-refractivity contribution in [2.75, 3.05) is 0 Å². The molecule has 2 N–H and O–H groups in total. The zero-order valence-electron chi connectivity index (χ0n) is 11.9. The lowest BCUT2D eigenvalue weighted by atomic mass is 10.1. The average Bonchev–Trinajstić information content (AvgIpc) is 2.37. The van der Waals surface area contributed by atoms with Gasteiger partial charge in [-0.25, -0.2) is 0 Å². The second-order valence-corrected chi connectivity index (χ2v) is 5.37. The number of rotatable bonds is 4. The molecule has 0 aliphatic rings. The minimum absolute atomic E-state index is 0.301. The second kappa shape index (κ2) is 6.01. The first-order valence-corrected chi connectivity index (χ1v) is 6.83. The largest absolute Gasteiger partial charge is 0.488 e. The average molecular weight is 286 g/mol. The Kier molecular flexibility index (Phi) is 4.35. The van der Waals surface area contributed by atoms with Crippen LogP contribution in [-0.2, 0) is 6.61 Å².